The quantitative estimate of drug-likeness (QED) is 0.870. The lowest BCUT2D eigenvalue weighted by atomic mass is 9.96. The third-order valence-corrected chi connectivity index (χ3v) is 3.72. The van der Waals surface area contributed by atoms with Crippen molar-refractivity contribution in [2.24, 2.45) is 5.73 Å². The van der Waals surface area contributed by atoms with Crippen LogP contribution in [0.3, 0.4) is 0 Å². The molecule has 0 aliphatic carbocycles. The van der Waals surface area contributed by atoms with E-state index in [4.69, 9.17) is 5.73 Å². The van der Waals surface area contributed by atoms with E-state index in [1.54, 1.807) is 0 Å². The first-order valence-electron chi connectivity index (χ1n) is 6.73. The molecular formula is C15H22N2O. The van der Waals surface area contributed by atoms with Crippen molar-refractivity contribution in [2.45, 2.75) is 45.2 Å². The van der Waals surface area contributed by atoms with Crippen molar-refractivity contribution in [1.29, 1.82) is 0 Å². The fourth-order valence-corrected chi connectivity index (χ4v) is 2.62. The van der Waals surface area contributed by atoms with Gasteiger partial charge in [-0.1, -0.05) is 17.7 Å². The summed E-state index contributed by atoms with van der Waals surface area (Å²) in [5.41, 5.74) is 7.95. The van der Waals surface area contributed by atoms with Crippen LogP contribution in [-0.4, -0.2) is 29.4 Å². The molecule has 1 fully saturated rings. The summed E-state index contributed by atoms with van der Waals surface area (Å²) in [6.45, 7) is 4.85. The van der Waals surface area contributed by atoms with E-state index in [1.807, 2.05) is 43.0 Å². The molecule has 0 aromatic heterocycles. The summed E-state index contributed by atoms with van der Waals surface area (Å²) < 4.78 is 0. The Kier molecular flexibility index (Phi) is 4.02. The van der Waals surface area contributed by atoms with Crippen LogP contribution < -0.4 is 5.73 Å². The number of carbonyl (C=O) groups is 1. The third-order valence-electron chi connectivity index (χ3n) is 3.72. The van der Waals surface area contributed by atoms with Gasteiger partial charge >= 0.3 is 0 Å². The maximum atomic E-state index is 12.5. The van der Waals surface area contributed by atoms with E-state index in [2.05, 4.69) is 0 Å². The van der Waals surface area contributed by atoms with Crippen molar-refractivity contribution in [3.8, 4) is 0 Å². The molecule has 3 heteroatoms. The molecule has 1 heterocycles. The molecule has 2 unspecified atom stereocenters. The highest BCUT2D eigenvalue weighted by Crippen LogP contribution is 2.21. The van der Waals surface area contributed by atoms with Gasteiger partial charge in [0.1, 0.15) is 0 Å². The number of nitrogens with zero attached hydrogens (tertiary/aromatic N) is 1. The van der Waals surface area contributed by atoms with Gasteiger partial charge in [0.25, 0.3) is 5.91 Å². The highest BCUT2D eigenvalue weighted by atomic mass is 16.2. The van der Waals surface area contributed by atoms with Gasteiger partial charge in [-0.2, -0.15) is 0 Å². The van der Waals surface area contributed by atoms with Crippen LogP contribution in [0.4, 0.5) is 0 Å². The molecule has 2 rings (SSSR count). The average molecular weight is 246 g/mol. The van der Waals surface area contributed by atoms with Crippen LogP contribution in [0.2, 0.25) is 0 Å². The number of carbonyl (C=O) groups excluding carboxylic acids is 1. The summed E-state index contributed by atoms with van der Waals surface area (Å²) in [4.78, 5) is 14.5. The fourth-order valence-electron chi connectivity index (χ4n) is 2.62. The number of benzene rings is 1. The maximum Gasteiger partial charge on any atom is 0.254 e. The predicted molar refractivity (Wildman–Crippen MR) is 73.5 cm³/mol. The lowest BCUT2D eigenvalue weighted by molar-refractivity contribution is 0.0584. The Balaban J connectivity index is 2.18. The Morgan fingerprint density at radius 2 is 2.00 bits per heavy atom. The van der Waals surface area contributed by atoms with Crippen LogP contribution >= 0.6 is 0 Å². The summed E-state index contributed by atoms with van der Waals surface area (Å²) in [7, 11) is 0. The lowest BCUT2D eigenvalue weighted by Crippen LogP contribution is -2.51. The van der Waals surface area contributed by atoms with E-state index >= 15 is 0 Å². The molecule has 0 radical (unpaired) electrons. The van der Waals surface area contributed by atoms with Gasteiger partial charge in [0, 0.05) is 24.2 Å². The SMILES string of the molecule is Cc1ccc(C(=O)N2CCCCC2C(C)N)cc1. The van der Waals surface area contributed by atoms with Gasteiger partial charge < -0.3 is 10.6 Å². The van der Waals surface area contributed by atoms with Crippen LogP contribution in [0.1, 0.15) is 42.1 Å². The molecule has 1 amide bonds. The van der Waals surface area contributed by atoms with Crippen LogP contribution in [0.15, 0.2) is 24.3 Å². The number of hydrogen-bond acceptors (Lipinski definition) is 2. The van der Waals surface area contributed by atoms with Crippen molar-refractivity contribution in [3.63, 3.8) is 0 Å². The van der Waals surface area contributed by atoms with Crippen molar-refractivity contribution in [1.82, 2.24) is 4.90 Å². The van der Waals surface area contributed by atoms with Crippen LogP contribution in [0, 0.1) is 6.92 Å². The van der Waals surface area contributed by atoms with Crippen LogP contribution in [0.25, 0.3) is 0 Å². The Morgan fingerprint density at radius 1 is 1.33 bits per heavy atom. The second-order valence-corrected chi connectivity index (χ2v) is 5.29. The Labute approximate surface area is 109 Å². The Hall–Kier alpha value is -1.35. The second-order valence-electron chi connectivity index (χ2n) is 5.29. The second kappa shape index (κ2) is 5.53. The van der Waals surface area contributed by atoms with Crippen molar-refractivity contribution < 1.29 is 4.79 Å². The molecule has 1 aromatic carbocycles. The van der Waals surface area contributed by atoms with Gasteiger partial charge in [-0.25, -0.2) is 0 Å². The first kappa shape index (κ1) is 13.1. The van der Waals surface area contributed by atoms with Gasteiger partial charge in [0.15, 0.2) is 0 Å². The first-order valence-corrected chi connectivity index (χ1v) is 6.73. The molecule has 98 valence electrons. The summed E-state index contributed by atoms with van der Waals surface area (Å²) in [5.74, 6) is 0.122. The molecule has 18 heavy (non-hydrogen) atoms. The van der Waals surface area contributed by atoms with Crippen molar-refractivity contribution in [2.75, 3.05) is 6.54 Å². The normalized spacial score (nSPS) is 21.7. The summed E-state index contributed by atoms with van der Waals surface area (Å²) in [6, 6.07) is 8.01. The molecule has 0 spiro atoms. The van der Waals surface area contributed by atoms with Gasteiger partial charge in [-0.05, 0) is 45.2 Å². The number of likely N-dealkylation sites (tertiary alicyclic amines) is 1. The molecule has 1 aliphatic rings. The molecule has 1 saturated heterocycles. The molecular weight excluding hydrogens is 224 g/mol. The lowest BCUT2D eigenvalue weighted by Gasteiger charge is -2.38. The molecule has 0 bridgehead atoms. The van der Waals surface area contributed by atoms with E-state index in [-0.39, 0.29) is 18.0 Å². The van der Waals surface area contributed by atoms with E-state index in [0.717, 1.165) is 24.9 Å². The number of hydrogen-bond donors (Lipinski definition) is 1. The number of rotatable bonds is 2. The van der Waals surface area contributed by atoms with E-state index < -0.39 is 0 Å². The molecule has 0 saturated carbocycles. The number of aryl methyl sites for hydroxylation is 1. The van der Waals surface area contributed by atoms with E-state index in [1.165, 1.54) is 12.0 Å². The molecule has 3 nitrogen and oxygen atoms in total. The van der Waals surface area contributed by atoms with Crippen LogP contribution in [-0.2, 0) is 0 Å². The van der Waals surface area contributed by atoms with Gasteiger partial charge in [-0.3, -0.25) is 4.79 Å². The Bertz CT molecular complexity index is 411. The highest BCUT2D eigenvalue weighted by molar-refractivity contribution is 5.94. The minimum atomic E-state index is 0.0414. The fraction of sp³-hybridized carbons (Fsp3) is 0.533. The van der Waals surface area contributed by atoms with Crippen LogP contribution in [0.5, 0.6) is 0 Å². The molecule has 2 N–H and O–H groups in total. The van der Waals surface area contributed by atoms with Crippen molar-refractivity contribution in [3.05, 3.63) is 35.4 Å². The minimum Gasteiger partial charge on any atom is -0.334 e. The summed E-state index contributed by atoms with van der Waals surface area (Å²) in [5, 5.41) is 0. The smallest absolute Gasteiger partial charge is 0.254 e. The predicted octanol–water partition coefficient (Wildman–Crippen LogP) is 2.34. The molecule has 1 aliphatic heterocycles. The molecule has 1 aromatic rings. The van der Waals surface area contributed by atoms with Gasteiger partial charge in [0.05, 0.1) is 0 Å². The van der Waals surface area contributed by atoms with Gasteiger partial charge in [0.2, 0.25) is 0 Å². The number of piperidine rings is 1. The van der Waals surface area contributed by atoms with Crippen molar-refractivity contribution >= 4 is 5.91 Å². The van der Waals surface area contributed by atoms with E-state index in [9.17, 15) is 4.79 Å². The average Bonchev–Trinajstić information content (AvgIpc) is 2.39. The zero-order chi connectivity index (χ0) is 13.1. The highest BCUT2D eigenvalue weighted by Gasteiger charge is 2.29. The first-order chi connectivity index (χ1) is 8.59. The van der Waals surface area contributed by atoms with Gasteiger partial charge in [-0.15, -0.1) is 0 Å². The topological polar surface area (TPSA) is 46.3 Å². The third kappa shape index (κ3) is 2.72. The number of nitrogens with two attached hydrogens (primary N) is 1. The maximum absolute atomic E-state index is 12.5. The monoisotopic (exact) mass is 246 g/mol. The molecule has 2 atom stereocenters. The summed E-state index contributed by atoms with van der Waals surface area (Å²) in [6.07, 6.45) is 3.28. The summed E-state index contributed by atoms with van der Waals surface area (Å²) >= 11 is 0. The zero-order valence-corrected chi connectivity index (χ0v) is 11.2. The number of amides is 1. The zero-order valence-electron chi connectivity index (χ0n) is 11.2. The Morgan fingerprint density at radius 3 is 2.61 bits per heavy atom. The minimum absolute atomic E-state index is 0.0414. The largest absolute Gasteiger partial charge is 0.334 e. The standard InChI is InChI=1S/C15H22N2O/c1-11-6-8-13(9-7-11)15(18)17-10-4-3-5-14(17)12(2)16/h6-9,12,14H,3-5,10,16H2,1-2H3. The van der Waals surface area contributed by atoms with E-state index in [0.29, 0.717) is 0 Å².